The third kappa shape index (κ3) is 7.05. The first-order chi connectivity index (χ1) is 7.87. The topological polar surface area (TPSA) is 21.3 Å². The fourth-order valence-corrected chi connectivity index (χ4v) is 2.37. The van der Waals surface area contributed by atoms with E-state index in [2.05, 4.69) is 39.9 Å². The molecule has 1 rings (SSSR count). The summed E-state index contributed by atoms with van der Waals surface area (Å²) in [5, 5.41) is 3.54. The fourth-order valence-electron chi connectivity index (χ4n) is 2.37. The molecular weight excluding hydrogens is 210 g/mol. The van der Waals surface area contributed by atoms with Gasteiger partial charge in [-0.25, -0.2) is 0 Å². The fraction of sp³-hybridized carbons (Fsp3) is 1.00. The van der Waals surface area contributed by atoms with Crippen molar-refractivity contribution < 1.29 is 4.74 Å². The molecule has 1 aliphatic carbocycles. The molecule has 0 spiro atoms. The van der Waals surface area contributed by atoms with E-state index in [1.54, 1.807) is 0 Å². The third-order valence-electron chi connectivity index (χ3n) is 3.49. The van der Waals surface area contributed by atoms with Crippen LogP contribution in [0.2, 0.25) is 0 Å². The first-order valence-corrected chi connectivity index (χ1v) is 7.23. The van der Waals surface area contributed by atoms with Gasteiger partial charge in [-0.1, -0.05) is 26.7 Å². The summed E-state index contributed by atoms with van der Waals surface area (Å²) in [6.45, 7) is 13.2. The van der Waals surface area contributed by atoms with Crippen molar-refractivity contribution in [3.63, 3.8) is 0 Å². The lowest BCUT2D eigenvalue weighted by molar-refractivity contribution is -0.000920. The van der Waals surface area contributed by atoms with Crippen LogP contribution in [0.1, 0.15) is 60.3 Å². The largest absolute Gasteiger partial charge is 0.378 e. The zero-order valence-corrected chi connectivity index (χ0v) is 12.4. The molecule has 0 aliphatic heterocycles. The molecule has 0 amide bonds. The van der Waals surface area contributed by atoms with Crippen LogP contribution in [-0.2, 0) is 4.74 Å². The maximum absolute atomic E-state index is 6.04. The zero-order chi connectivity index (χ0) is 12.9. The molecule has 0 radical (unpaired) electrons. The van der Waals surface area contributed by atoms with E-state index in [0.29, 0.717) is 12.0 Å². The molecule has 1 saturated carbocycles. The molecule has 0 bridgehead atoms. The van der Waals surface area contributed by atoms with Crippen LogP contribution in [-0.4, -0.2) is 24.8 Å². The number of hydrogen-bond acceptors (Lipinski definition) is 2. The van der Waals surface area contributed by atoms with E-state index in [9.17, 15) is 0 Å². The molecule has 0 heterocycles. The van der Waals surface area contributed by atoms with Crippen LogP contribution < -0.4 is 5.32 Å². The van der Waals surface area contributed by atoms with Gasteiger partial charge in [0.2, 0.25) is 0 Å². The monoisotopic (exact) mass is 241 g/mol. The van der Waals surface area contributed by atoms with E-state index in [4.69, 9.17) is 4.74 Å². The Morgan fingerprint density at radius 1 is 1.29 bits per heavy atom. The van der Waals surface area contributed by atoms with Crippen molar-refractivity contribution in [1.29, 1.82) is 0 Å². The molecule has 3 atom stereocenters. The Kier molecular flexibility index (Phi) is 5.94. The number of ether oxygens (including phenoxy) is 1. The highest BCUT2D eigenvalue weighted by atomic mass is 16.5. The van der Waals surface area contributed by atoms with Crippen molar-refractivity contribution in [3.8, 4) is 0 Å². The minimum Gasteiger partial charge on any atom is -0.378 e. The van der Waals surface area contributed by atoms with Crippen LogP contribution in [0.3, 0.4) is 0 Å². The predicted octanol–water partition coefficient (Wildman–Crippen LogP) is 3.61. The Labute approximate surface area is 108 Å². The first kappa shape index (κ1) is 15.0. The summed E-state index contributed by atoms with van der Waals surface area (Å²) in [6.07, 6.45) is 5.79. The van der Waals surface area contributed by atoms with Crippen molar-refractivity contribution in [2.75, 3.05) is 13.2 Å². The predicted molar refractivity (Wildman–Crippen MR) is 74.3 cm³/mol. The summed E-state index contributed by atoms with van der Waals surface area (Å²) in [5.74, 6) is 1.46. The SMILES string of the molecule is CC(CNC(C)(C)C)COC1CCCC(C)C1. The Bertz CT molecular complexity index is 209. The van der Waals surface area contributed by atoms with Crippen molar-refractivity contribution in [3.05, 3.63) is 0 Å². The zero-order valence-electron chi connectivity index (χ0n) is 12.4. The van der Waals surface area contributed by atoms with Gasteiger partial charge >= 0.3 is 0 Å². The van der Waals surface area contributed by atoms with Crippen LogP contribution in [0.5, 0.6) is 0 Å². The second-order valence-electron chi connectivity index (χ2n) is 6.96. The maximum Gasteiger partial charge on any atom is 0.0577 e. The van der Waals surface area contributed by atoms with Gasteiger partial charge in [0.25, 0.3) is 0 Å². The number of rotatable bonds is 5. The van der Waals surface area contributed by atoms with Crippen LogP contribution in [0.4, 0.5) is 0 Å². The van der Waals surface area contributed by atoms with Gasteiger partial charge in [0.05, 0.1) is 12.7 Å². The Morgan fingerprint density at radius 3 is 2.59 bits per heavy atom. The Hall–Kier alpha value is -0.0800. The summed E-state index contributed by atoms with van der Waals surface area (Å²) in [7, 11) is 0. The van der Waals surface area contributed by atoms with Crippen molar-refractivity contribution in [1.82, 2.24) is 5.32 Å². The minimum atomic E-state index is 0.216. The molecule has 1 fully saturated rings. The number of nitrogens with one attached hydrogen (secondary N) is 1. The van der Waals surface area contributed by atoms with Crippen molar-refractivity contribution in [2.24, 2.45) is 11.8 Å². The van der Waals surface area contributed by atoms with E-state index in [1.807, 2.05) is 0 Å². The highest BCUT2D eigenvalue weighted by Gasteiger charge is 2.20. The highest BCUT2D eigenvalue weighted by molar-refractivity contribution is 4.73. The minimum absolute atomic E-state index is 0.216. The lowest BCUT2D eigenvalue weighted by atomic mass is 9.89. The first-order valence-electron chi connectivity index (χ1n) is 7.23. The molecular formula is C15H31NO. The summed E-state index contributed by atoms with van der Waals surface area (Å²) in [6, 6.07) is 0. The van der Waals surface area contributed by atoms with Gasteiger partial charge in [-0.05, 0) is 45.4 Å². The number of hydrogen-bond donors (Lipinski definition) is 1. The summed E-state index contributed by atoms with van der Waals surface area (Å²) in [5.41, 5.74) is 0.216. The average molecular weight is 241 g/mol. The molecule has 1 N–H and O–H groups in total. The van der Waals surface area contributed by atoms with Gasteiger partial charge in [0.1, 0.15) is 0 Å². The van der Waals surface area contributed by atoms with E-state index in [0.717, 1.165) is 19.1 Å². The molecule has 0 aromatic heterocycles. The van der Waals surface area contributed by atoms with Crippen molar-refractivity contribution >= 4 is 0 Å². The third-order valence-corrected chi connectivity index (χ3v) is 3.49. The van der Waals surface area contributed by atoms with Crippen LogP contribution in [0, 0.1) is 11.8 Å². The van der Waals surface area contributed by atoms with Gasteiger partial charge in [-0.3, -0.25) is 0 Å². The molecule has 1 aliphatic rings. The normalized spacial score (nSPS) is 28.1. The lowest BCUT2D eigenvalue weighted by Gasteiger charge is -2.29. The molecule has 2 nitrogen and oxygen atoms in total. The van der Waals surface area contributed by atoms with E-state index >= 15 is 0 Å². The summed E-state index contributed by atoms with van der Waals surface area (Å²) in [4.78, 5) is 0. The van der Waals surface area contributed by atoms with E-state index in [-0.39, 0.29) is 5.54 Å². The molecule has 2 heteroatoms. The van der Waals surface area contributed by atoms with Crippen LogP contribution in [0.25, 0.3) is 0 Å². The van der Waals surface area contributed by atoms with E-state index < -0.39 is 0 Å². The van der Waals surface area contributed by atoms with Gasteiger partial charge in [-0.15, -0.1) is 0 Å². The van der Waals surface area contributed by atoms with Gasteiger partial charge < -0.3 is 10.1 Å². The van der Waals surface area contributed by atoms with Crippen LogP contribution in [0.15, 0.2) is 0 Å². The second-order valence-corrected chi connectivity index (χ2v) is 6.96. The van der Waals surface area contributed by atoms with Crippen molar-refractivity contribution in [2.45, 2.75) is 71.9 Å². The summed E-state index contributed by atoms with van der Waals surface area (Å²) >= 11 is 0. The lowest BCUT2D eigenvalue weighted by Crippen LogP contribution is -2.39. The average Bonchev–Trinajstić information content (AvgIpc) is 2.23. The van der Waals surface area contributed by atoms with E-state index in [1.165, 1.54) is 25.7 Å². The maximum atomic E-state index is 6.04. The molecule has 0 aromatic carbocycles. The molecule has 102 valence electrons. The molecule has 0 saturated heterocycles. The van der Waals surface area contributed by atoms with Crippen LogP contribution >= 0.6 is 0 Å². The molecule has 17 heavy (non-hydrogen) atoms. The molecule has 0 aromatic rings. The quantitative estimate of drug-likeness (QED) is 0.794. The van der Waals surface area contributed by atoms with Gasteiger partial charge in [-0.2, -0.15) is 0 Å². The Balaban J connectivity index is 2.12. The Morgan fingerprint density at radius 2 is 2.00 bits per heavy atom. The molecule has 3 unspecified atom stereocenters. The van der Waals surface area contributed by atoms with Gasteiger partial charge in [0, 0.05) is 12.1 Å². The smallest absolute Gasteiger partial charge is 0.0577 e. The summed E-state index contributed by atoms with van der Waals surface area (Å²) < 4.78 is 6.04. The highest BCUT2D eigenvalue weighted by Crippen LogP contribution is 2.25. The second kappa shape index (κ2) is 6.75. The van der Waals surface area contributed by atoms with Gasteiger partial charge in [0.15, 0.2) is 0 Å². The standard InChI is InChI=1S/C15H31NO/c1-12-7-6-8-14(9-12)17-11-13(2)10-16-15(3,4)5/h12-14,16H,6-11H2,1-5H3.